The lowest BCUT2D eigenvalue weighted by Crippen LogP contribution is -2.36. The molecule has 0 radical (unpaired) electrons. The summed E-state index contributed by atoms with van der Waals surface area (Å²) in [5.41, 5.74) is 1.15. The maximum atomic E-state index is 9.41. The maximum absolute atomic E-state index is 9.41. The van der Waals surface area contributed by atoms with E-state index in [0.29, 0.717) is 12.4 Å². The highest BCUT2D eigenvalue weighted by molar-refractivity contribution is 8.00. The minimum Gasteiger partial charge on any atom is -0.492 e. The van der Waals surface area contributed by atoms with Gasteiger partial charge in [0.2, 0.25) is 0 Å². The van der Waals surface area contributed by atoms with E-state index < -0.39 is 6.10 Å². The third-order valence-electron chi connectivity index (χ3n) is 3.05. The lowest BCUT2D eigenvalue weighted by molar-refractivity contribution is 0.113. The number of rotatable bonds is 5. The van der Waals surface area contributed by atoms with Gasteiger partial charge in [-0.2, -0.15) is 11.8 Å². The smallest absolute Gasteiger partial charge is 0.124 e. The number of nitrogens with one attached hydrogen (secondary N) is 1. The fourth-order valence-corrected chi connectivity index (χ4v) is 3.32. The van der Waals surface area contributed by atoms with E-state index in [2.05, 4.69) is 11.4 Å². The van der Waals surface area contributed by atoms with Gasteiger partial charge >= 0.3 is 0 Å². The van der Waals surface area contributed by atoms with Crippen LogP contribution in [0.2, 0.25) is 0 Å². The van der Waals surface area contributed by atoms with E-state index >= 15 is 0 Å². The summed E-state index contributed by atoms with van der Waals surface area (Å²) in [5.74, 6) is 1.45. The van der Waals surface area contributed by atoms with Gasteiger partial charge in [-0.3, -0.25) is 0 Å². The number of thioether (sulfide) groups is 1. The summed E-state index contributed by atoms with van der Waals surface area (Å²) in [7, 11) is 1.93. The summed E-state index contributed by atoms with van der Waals surface area (Å²) < 4.78 is 5.73. The predicted octanol–water partition coefficient (Wildman–Crippen LogP) is 0.794. The van der Waals surface area contributed by atoms with Gasteiger partial charge < -0.3 is 20.3 Å². The Morgan fingerprint density at radius 3 is 3.00 bits per heavy atom. The van der Waals surface area contributed by atoms with Crippen molar-refractivity contribution in [2.45, 2.75) is 17.4 Å². The summed E-state index contributed by atoms with van der Waals surface area (Å²) in [5, 5.41) is 21.8. The van der Waals surface area contributed by atoms with Gasteiger partial charge in [0, 0.05) is 11.3 Å². The SMILES string of the molecule is CNC1c2ccccc2OCC1SCC(O)CO. The van der Waals surface area contributed by atoms with E-state index in [4.69, 9.17) is 9.84 Å². The Morgan fingerprint density at radius 2 is 2.28 bits per heavy atom. The molecule has 0 aromatic heterocycles. The van der Waals surface area contributed by atoms with Gasteiger partial charge in [-0.15, -0.1) is 0 Å². The predicted molar refractivity (Wildman–Crippen MR) is 73.1 cm³/mol. The molecule has 18 heavy (non-hydrogen) atoms. The molecule has 1 aromatic carbocycles. The van der Waals surface area contributed by atoms with Crippen molar-refractivity contribution in [3.8, 4) is 5.75 Å². The maximum Gasteiger partial charge on any atom is 0.124 e. The Kier molecular flexibility index (Phi) is 4.88. The number of para-hydroxylation sites is 1. The van der Waals surface area contributed by atoms with E-state index in [0.717, 1.165) is 11.3 Å². The van der Waals surface area contributed by atoms with Crippen molar-refractivity contribution in [1.82, 2.24) is 5.32 Å². The molecule has 0 saturated carbocycles. The zero-order valence-electron chi connectivity index (χ0n) is 10.4. The molecule has 0 spiro atoms. The number of ether oxygens (including phenoxy) is 1. The highest BCUT2D eigenvalue weighted by atomic mass is 32.2. The zero-order chi connectivity index (χ0) is 13.0. The van der Waals surface area contributed by atoms with Gasteiger partial charge in [-0.05, 0) is 13.1 Å². The number of benzene rings is 1. The van der Waals surface area contributed by atoms with Crippen molar-refractivity contribution < 1.29 is 14.9 Å². The molecule has 1 heterocycles. The second kappa shape index (κ2) is 6.43. The Bertz CT molecular complexity index is 388. The van der Waals surface area contributed by atoms with Crippen LogP contribution >= 0.6 is 11.8 Å². The van der Waals surface area contributed by atoms with Gasteiger partial charge in [0.05, 0.1) is 24.0 Å². The van der Waals surface area contributed by atoms with E-state index in [-0.39, 0.29) is 17.9 Å². The topological polar surface area (TPSA) is 61.7 Å². The molecule has 0 amide bonds. The van der Waals surface area contributed by atoms with Crippen LogP contribution in [0.15, 0.2) is 24.3 Å². The largest absolute Gasteiger partial charge is 0.492 e. The van der Waals surface area contributed by atoms with Gasteiger partial charge in [-0.25, -0.2) is 0 Å². The van der Waals surface area contributed by atoms with Crippen LogP contribution < -0.4 is 10.1 Å². The minimum atomic E-state index is -0.662. The van der Waals surface area contributed by atoms with Crippen LogP contribution in [0.3, 0.4) is 0 Å². The number of fused-ring (bicyclic) bond motifs is 1. The minimum absolute atomic E-state index is 0.193. The number of aliphatic hydroxyl groups is 2. The third-order valence-corrected chi connectivity index (χ3v) is 4.47. The Morgan fingerprint density at radius 1 is 1.50 bits per heavy atom. The van der Waals surface area contributed by atoms with E-state index in [1.807, 2.05) is 25.2 Å². The van der Waals surface area contributed by atoms with Crippen molar-refractivity contribution in [3.05, 3.63) is 29.8 Å². The average molecular weight is 269 g/mol. The van der Waals surface area contributed by atoms with Gasteiger partial charge in [0.25, 0.3) is 0 Å². The van der Waals surface area contributed by atoms with Crippen LogP contribution in [0.4, 0.5) is 0 Å². The second-order valence-corrected chi connectivity index (χ2v) is 5.60. The molecule has 100 valence electrons. The highest BCUT2D eigenvalue weighted by Crippen LogP contribution is 2.37. The molecule has 3 N–H and O–H groups in total. The van der Waals surface area contributed by atoms with E-state index in [9.17, 15) is 5.11 Å². The van der Waals surface area contributed by atoms with Crippen LogP contribution in [-0.2, 0) is 0 Å². The standard InChI is InChI=1S/C13H19NO3S/c1-14-13-10-4-2-3-5-11(10)17-7-12(13)18-8-9(16)6-15/h2-5,9,12-16H,6-8H2,1H3. The molecule has 1 aromatic rings. The average Bonchev–Trinajstić information content (AvgIpc) is 2.43. The normalized spacial score (nSPS) is 24.2. The zero-order valence-corrected chi connectivity index (χ0v) is 11.2. The number of hydrogen-bond donors (Lipinski definition) is 3. The molecule has 3 atom stereocenters. The van der Waals surface area contributed by atoms with Crippen molar-refractivity contribution in [1.29, 1.82) is 0 Å². The van der Waals surface area contributed by atoms with Crippen LogP contribution in [0.1, 0.15) is 11.6 Å². The molecule has 0 saturated heterocycles. The van der Waals surface area contributed by atoms with Gasteiger partial charge in [-0.1, -0.05) is 18.2 Å². The van der Waals surface area contributed by atoms with Crippen molar-refractivity contribution in [3.63, 3.8) is 0 Å². The summed E-state index contributed by atoms with van der Waals surface area (Å²) in [4.78, 5) is 0. The van der Waals surface area contributed by atoms with Crippen molar-refractivity contribution in [2.24, 2.45) is 0 Å². The van der Waals surface area contributed by atoms with E-state index in [1.165, 1.54) is 0 Å². The van der Waals surface area contributed by atoms with Crippen LogP contribution in [0.5, 0.6) is 5.75 Å². The number of aliphatic hydroxyl groups excluding tert-OH is 2. The van der Waals surface area contributed by atoms with Crippen molar-refractivity contribution >= 4 is 11.8 Å². The first kappa shape index (κ1) is 13.7. The first-order valence-electron chi connectivity index (χ1n) is 6.05. The van der Waals surface area contributed by atoms with Crippen LogP contribution in [0, 0.1) is 0 Å². The van der Waals surface area contributed by atoms with Gasteiger partial charge in [0.15, 0.2) is 0 Å². The fraction of sp³-hybridized carbons (Fsp3) is 0.538. The Labute approximate surface area is 111 Å². The fourth-order valence-electron chi connectivity index (χ4n) is 2.11. The molecule has 2 rings (SSSR count). The molecule has 4 nitrogen and oxygen atoms in total. The third kappa shape index (κ3) is 2.98. The summed E-state index contributed by atoms with van der Waals surface area (Å²) in [6.45, 7) is 0.423. The Balaban J connectivity index is 2.06. The molecule has 0 aliphatic carbocycles. The first-order valence-corrected chi connectivity index (χ1v) is 7.10. The molecular formula is C13H19NO3S. The molecule has 1 aliphatic heterocycles. The van der Waals surface area contributed by atoms with E-state index in [1.54, 1.807) is 11.8 Å². The molecule has 0 fully saturated rings. The monoisotopic (exact) mass is 269 g/mol. The molecular weight excluding hydrogens is 250 g/mol. The molecule has 1 aliphatic rings. The Hall–Kier alpha value is -0.750. The lowest BCUT2D eigenvalue weighted by atomic mass is 10.0. The van der Waals surface area contributed by atoms with Gasteiger partial charge in [0.1, 0.15) is 12.4 Å². The van der Waals surface area contributed by atoms with Crippen LogP contribution in [-0.4, -0.2) is 47.6 Å². The lowest BCUT2D eigenvalue weighted by Gasteiger charge is -2.33. The number of hydrogen-bond acceptors (Lipinski definition) is 5. The van der Waals surface area contributed by atoms with Crippen molar-refractivity contribution in [2.75, 3.05) is 26.0 Å². The quantitative estimate of drug-likeness (QED) is 0.738. The first-order chi connectivity index (χ1) is 8.76. The second-order valence-electron chi connectivity index (χ2n) is 4.32. The summed E-state index contributed by atoms with van der Waals surface area (Å²) >= 11 is 1.63. The molecule has 0 bridgehead atoms. The summed E-state index contributed by atoms with van der Waals surface area (Å²) in [6.07, 6.45) is -0.662. The summed E-state index contributed by atoms with van der Waals surface area (Å²) in [6, 6.07) is 8.22. The van der Waals surface area contributed by atoms with Crippen LogP contribution in [0.25, 0.3) is 0 Å². The molecule has 5 heteroatoms. The molecule has 3 unspecified atom stereocenters. The highest BCUT2D eigenvalue weighted by Gasteiger charge is 2.30.